The van der Waals surface area contributed by atoms with Crippen molar-refractivity contribution in [1.82, 2.24) is 10.9 Å². The SMILES string of the molecule is CC(C)(C)c1ccc(OCC(=O)NNC(=O)C2CCCCC2)cc1. The number of carbonyl (C=O) groups excluding carboxylic acids is 2. The van der Waals surface area contributed by atoms with Crippen molar-refractivity contribution < 1.29 is 14.3 Å². The Morgan fingerprint density at radius 3 is 2.25 bits per heavy atom. The fourth-order valence-electron chi connectivity index (χ4n) is 2.83. The summed E-state index contributed by atoms with van der Waals surface area (Å²) in [7, 11) is 0. The molecule has 1 aromatic rings. The Bertz CT molecular complexity index is 555. The first-order chi connectivity index (χ1) is 11.4. The van der Waals surface area contributed by atoms with Crippen LogP contribution in [0.15, 0.2) is 24.3 Å². The van der Waals surface area contributed by atoms with Crippen LogP contribution in [0.1, 0.15) is 58.4 Å². The van der Waals surface area contributed by atoms with Gasteiger partial charge in [-0.05, 0) is 36.0 Å². The Balaban J connectivity index is 1.72. The van der Waals surface area contributed by atoms with E-state index in [4.69, 9.17) is 4.74 Å². The fourth-order valence-corrected chi connectivity index (χ4v) is 2.83. The molecule has 1 aliphatic rings. The average Bonchev–Trinajstić information content (AvgIpc) is 2.58. The van der Waals surface area contributed by atoms with Gasteiger partial charge in [0.05, 0.1) is 0 Å². The molecule has 0 bridgehead atoms. The monoisotopic (exact) mass is 332 g/mol. The van der Waals surface area contributed by atoms with E-state index in [1.54, 1.807) is 0 Å². The van der Waals surface area contributed by atoms with Crippen LogP contribution in [0.4, 0.5) is 0 Å². The van der Waals surface area contributed by atoms with Gasteiger partial charge in [-0.3, -0.25) is 20.4 Å². The maximum absolute atomic E-state index is 11.9. The molecule has 2 rings (SSSR count). The van der Waals surface area contributed by atoms with Gasteiger partial charge in [-0.1, -0.05) is 52.2 Å². The fraction of sp³-hybridized carbons (Fsp3) is 0.579. The van der Waals surface area contributed by atoms with Crippen LogP contribution in [-0.2, 0) is 15.0 Å². The number of nitrogens with one attached hydrogen (secondary N) is 2. The molecule has 0 heterocycles. The van der Waals surface area contributed by atoms with E-state index in [2.05, 4.69) is 31.6 Å². The molecule has 1 aromatic carbocycles. The van der Waals surface area contributed by atoms with E-state index in [-0.39, 0.29) is 29.8 Å². The summed E-state index contributed by atoms with van der Waals surface area (Å²) in [4.78, 5) is 23.7. The van der Waals surface area contributed by atoms with Crippen molar-refractivity contribution in [2.24, 2.45) is 5.92 Å². The molecule has 0 atom stereocenters. The number of hydrogen-bond acceptors (Lipinski definition) is 3. The van der Waals surface area contributed by atoms with Crippen LogP contribution in [0.25, 0.3) is 0 Å². The number of ether oxygens (including phenoxy) is 1. The van der Waals surface area contributed by atoms with Gasteiger partial charge in [0, 0.05) is 5.92 Å². The maximum Gasteiger partial charge on any atom is 0.276 e. The third-order valence-corrected chi connectivity index (χ3v) is 4.39. The molecule has 0 saturated heterocycles. The maximum atomic E-state index is 11.9. The molecular formula is C19H28N2O3. The molecule has 132 valence electrons. The van der Waals surface area contributed by atoms with Gasteiger partial charge in [-0.15, -0.1) is 0 Å². The second-order valence-electron chi connectivity index (χ2n) is 7.44. The van der Waals surface area contributed by atoms with Gasteiger partial charge in [0.2, 0.25) is 5.91 Å². The van der Waals surface area contributed by atoms with Crippen LogP contribution < -0.4 is 15.6 Å². The molecule has 2 N–H and O–H groups in total. The molecule has 1 saturated carbocycles. The third kappa shape index (κ3) is 5.55. The highest BCUT2D eigenvalue weighted by atomic mass is 16.5. The Hall–Kier alpha value is -2.04. The molecule has 5 heteroatoms. The topological polar surface area (TPSA) is 67.4 Å². The van der Waals surface area contributed by atoms with Crippen molar-refractivity contribution in [3.8, 4) is 5.75 Å². The van der Waals surface area contributed by atoms with Crippen LogP contribution in [0.3, 0.4) is 0 Å². The first kappa shape index (κ1) is 18.3. The summed E-state index contributed by atoms with van der Waals surface area (Å²) in [6.45, 7) is 6.31. The summed E-state index contributed by atoms with van der Waals surface area (Å²) in [6.07, 6.45) is 5.16. The number of rotatable bonds is 4. The smallest absolute Gasteiger partial charge is 0.276 e. The molecule has 0 aliphatic heterocycles. The molecule has 1 aliphatic carbocycles. The van der Waals surface area contributed by atoms with E-state index in [0.717, 1.165) is 25.7 Å². The van der Waals surface area contributed by atoms with Crippen LogP contribution >= 0.6 is 0 Å². The minimum atomic E-state index is -0.362. The largest absolute Gasteiger partial charge is 0.484 e. The van der Waals surface area contributed by atoms with E-state index in [0.29, 0.717) is 5.75 Å². The Morgan fingerprint density at radius 1 is 1.04 bits per heavy atom. The second kappa shape index (κ2) is 8.18. The molecule has 24 heavy (non-hydrogen) atoms. The van der Waals surface area contributed by atoms with Crippen molar-refractivity contribution in [3.63, 3.8) is 0 Å². The zero-order valence-corrected chi connectivity index (χ0v) is 14.9. The molecule has 0 aromatic heterocycles. The molecular weight excluding hydrogens is 304 g/mol. The Kier molecular flexibility index (Phi) is 6.23. The summed E-state index contributed by atoms with van der Waals surface area (Å²) >= 11 is 0. The first-order valence-corrected chi connectivity index (χ1v) is 8.68. The van der Waals surface area contributed by atoms with Crippen molar-refractivity contribution in [1.29, 1.82) is 0 Å². The lowest BCUT2D eigenvalue weighted by Crippen LogP contribution is -2.46. The van der Waals surface area contributed by atoms with Gasteiger partial charge < -0.3 is 4.74 Å². The summed E-state index contributed by atoms with van der Waals surface area (Å²) in [5.74, 6) is 0.193. The molecule has 0 unspecified atom stereocenters. The van der Waals surface area contributed by atoms with Gasteiger partial charge in [0.15, 0.2) is 6.61 Å². The lowest BCUT2D eigenvalue weighted by Gasteiger charge is -2.21. The molecule has 1 fully saturated rings. The number of amides is 2. The highest BCUT2D eigenvalue weighted by Crippen LogP contribution is 2.24. The van der Waals surface area contributed by atoms with Crippen molar-refractivity contribution in [2.75, 3.05) is 6.61 Å². The van der Waals surface area contributed by atoms with Gasteiger partial charge in [0.1, 0.15) is 5.75 Å². The van der Waals surface area contributed by atoms with Gasteiger partial charge in [0.25, 0.3) is 5.91 Å². The van der Waals surface area contributed by atoms with Crippen molar-refractivity contribution in [2.45, 2.75) is 58.3 Å². The van der Waals surface area contributed by atoms with Crippen LogP contribution in [0.5, 0.6) is 5.75 Å². The number of carbonyl (C=O) groups is 2. The van der Waals surface area contributed by atoms with E-state index in [9.17, 15) is 9.59 Å². The van der Waals surface area contributed by atoms with Crippen molar-refractivity contribution >= 4 is 11.8 Å². The van der Waals surface area contributed by atoms with Crippen LogP contribution in [-0.4, -0.2) is 18.4 Å². The second-order valence-corrected chi connectivity index (χ2v) is 7.44. The normalized spacial score (nSPS) is 15.6. The Labute approximate surface area is 144 Å². The van der Waals surface area contributed by atoms with Gasteiger partial charge in [-0.25, -0.2) is 0 Å². The highest BCUT2D eigenvalue weighted by molar-refractivity contribution is 5.84. The molecule has 0 spiro atoms. The Morgan fingerprint density at radius 2 is 1.67 bits per heavy atom. The molecule has 5 nitrogen and oxygen atoms in total. The van der Waals surface area contributed by atoms with Gasteiger partial charge in [-0.2, -0.15) is 0 Å². The van der Waals surface area contributed by atoms with Crippen LogP contribution in [0.2, 0.25) is 0 Å². The van der Waals surface area contributed by atoms with E-state index >= 15 is 0 Å². The van der Waals surface area contributed by atoms with E-state index < -0.39 is 0 Å². The minimum Gasteiger partial charge on any atom is -0.484 e. The zero-order valence-electron chi connectivity index (χ0n) is 14.9. The number of hydrogen-bond donors (Lipinski definition) is 2. The third-order valence-electron chi connectivity index (χ3n) is 4.39. The predicted octanol–water partition coefficient (Wildman–Crippen LogP) is 3.09. The van der Waals surface area contributed by atoms with Crippen molar-refractivity contribution in [3.05, 3.63) is 29.8 Å². The van der Waals surface area contributed by atoms with Crippen LogP contribution in [0, 0.1) is 5.92 Å². The summed E-state index contributed by atoms with van der Waals surface area (Å²) in [5, 5.41) is 0. The lowest BCUT2D eigenvalue weighted by atomic mass is 9.87. The van der Waals surface area contributed by atoms with E-state index in [1.165, 1.54) is 12.0 Å². The van der Waals surface area contributed by atoms with Gasteiger partial charge >= 0.3 is 0 Å². The summed E-state index contributed by atoms with van der Waals surface area (Å²) in [5.41, 5.74) is 6.21. The highest BCUT2D eigenvalue weighted by Gasteiger charge is 2.21. The molecule has 2 amide bonds. The lowest BCUT2D eigenvalue weighted by molar-refractivity contribution is -0.132. The number of hydrazine groups is 1. The zero-order chi connectivity index (χ0) is 17.6. The standard InChI is InChI=1S/C19H28N2O3/c1-19(2,3)15-9-11-16(12-10-15)24-13-17(22)20-21-18(23)14-7-5-4-6-8-14/h9-12,14H,4-8,13H2,1-3H3,(H,20,22)(H,21,23). The average molecular weight is 332 g/mol. The summed E-state index contributed by atoms with van der Waals surface area (Å²) < 4.78 is 5.45. The quantitative estimate of drug-likeness (QED) is 0.833. The summed E-state index contributed by atoms with van der Waals surface area (Å²) in [6, 6.07) is 7.71. The minimum absolute atomic E-state index is 0.0184. The number of benzene rings is 1. The first-order valence-electron chi connectivity index (χ1n) is 8.68. The molecule has 0 radical (unpaired) electrons. The predicted molar refractivity (Wildman–Crippen MR) is 93.5 cm³/mol. The van der Waals surface area contributed by atoms with E-state index in [1.807, 2.05) is 24.3 Å².